The van der Waals surface area contributed by atoms with Gasteiger partial charge >= 0.3 is 29.6 Å². The zero-order valence-electron chi connectivity index (χ0n) is 7.78. The first-order valence-corrected chi connectivity index (χ1v) is 4.36. The zero-order chi connectivity index (χ0) is 9.78. The van der Waals surface area contributed by atoms with Gasteiger partial charge in [-0.25, -0.2) is 0 Å². The third kappa shape index (κ3) is 15.3. The quantitative estimate of drug-likeness (QED) is 0.340. The van der Waals surface area contributed by atoms with Gasteiger partial charge in [-0.05, 0) is 0 Å². The first-order chi connectivity index (χ1) is 6.41. The molecule has 0 aromatic heterocycles. The first kappa shape index (κ1) is 17.2. The van der Waals surface area contributed by atoms with E-state index in [1.165, 1.54) is 0 Å². The van der Waals surface area contributed by atoms with Crippen molar-refractivity contribution in [3.05, 3.63) is 0 Å². The minimum absolute atomic E-state index is 0. The summed E-state index contributed by atoms with van der Waals surface area (Å²) in [6.45, 7) is 2.76. The van der Waals surface area contributed by atoms with Gasteiger partial charge in [-0.1, -0.05) is 0 Å². The van der Waals surface area contributed by atoms with Crippen LogP contribution in [0.15, 0.2) is 0 Å². The Bertz CT molecular complexity index is 83.8. The van der Waals surface area contributed by atoms with Gasteiger partial charge in [0, 0.05) is 0 Å². The van der Waals surface area contributed by atoms with Crippen molar-refractivity contribution in [1.29, 1.82) is 0 Å². The normalized spacial score (nSPS) is 9.86. The van der Waals surface area contributed by atoms with E-state index < -0.39 is 0 Å². The van der Waals surface area contributed by atoms with E-state index in [9.17, 15) is 0 Å². The SMILES string of the molecule is OCCOCCOCCOCCO.[NaH]. The summed E-state index contributed by atoms with van der Waals surface area (Å²) in [6.07, 6.45) is 0. The van der Waals surface area contributed by atoms with E-state index in [2.05, 4.69) is 0 Å². The van der Waals surface area contributed by atoms with Crippen molar-refractivity contribution in [1.82, 2.24) is 0 Å². The number of rotatable bonds is 10. The van der Waals surface area contributed by atoms with Crippen molar-refractivity contribution in [2.45, 2.75) is 0 Å². The van der Waals surface area contributed by atoms with Gasteiger partial charge in [0.15, 0.2) is 0 Å². The van der Waals surface area contributed by atoms with Crippen LogP contribution in [-0.2, 0) is 14.2 Å². The number of hydrogen-bond donors (Lipinski definition) is 2. The van der Waals surface area contributed by atoms with Crippen molar-refractivity contribution in [2.24, 2.45) is 0 Å². The summed E-state index contributed by atoms with van der Waals surface area (Å²) in [5.41, 5.74) is 0. The van der Waals surface area contributed by atoms with Gasteiger partial charge in [-0.3, -0.25) is 0 Å². The molecule has 0 rings (SSSR count). The van der Waals surface area contributed by atoms with E-state index in [1.54, 1.807) is 0 Å². The molecule has 0 aromatic rings. The molecule has 0 radical (unpaired) electrons. The van der Waals surface area contributed by atoms with Crippen molar-refractivity contribution in [3.8, 4) is 0 Å². The maximum absolute atomic E-state index is 8.36. The molecular formula is C8H19NaO5. The third-order valence-electron chi connectivity index (χ3n) is 1.22. The standard InChI is InChI=1S/C8H18O5.Na.H/c9-1-3-11-5-7-13-8-6-12-4-2-10;;/h9-10H,1-8H2;;. The van der Waals surface area contributed by atoms with E-state index in [0.29, 0.717) is 39.6 Å². The summed E-state index contributed by atoms with van der Waals surface area (Å²) in [6, 6.07) is 0. The van der Waals surface area contributed by atoms with E-state index in [0.717, 1.165) is 0 Å². The average molecular weight is 218 g/mol. The van der Waals surface area contributed by atoms with Gasteiger partial charge in [-0.15, -0.1) is 0 Å². The van der Waals surface area contributed by atoms with E-state index in [1.807, 2.05) is 0 Å². The topological polar surface area (TPSA) is 68.2 Å². The van der Waals surface area contributed by atoms with Crippen LogP contribution in [0.2, 0.25) is 0 Å². The van der Waals surface area contributed by atoms with Crippen LogP contribution in [0.1, 0.15) is 0 Å². The monoisotopic (exact) mass is 218 g/mol. The molecule has 0 bridgehead atoms. The van der Waals surface area contributed by atoms with Crippen LogP contribution >= 0.6 is 0 Å². The first-order valence-electron chi connectivity index (χ1n) is 4.36. The number of aliphatic hydroxyl groups excluding tert-OH is 2. The molecule has 0 spiro atoms. The van der Waals surface area contributed by atoms with Crippen molar-refractivity contribution < 1.29 is 24.4 Å². The number of hydrogen-bond acceptors (Lipinski definition) is 5. The summed E-state index contributed by atoms with van der Waals surface area (Å²) >= 11 is 0. The fraction of sp³-hybridized carbons (Fsp3) is 1.00. The van der Waals surface area contributed by atoms with Gasteiger partial charge in [0.25, 0.3) is 0 Å². The molecule has 0 aliphatic carbocycles. The summed E-state index contributed by atoms with van der Waals surface area (Å²) in [5, 5.41) is 16.7. The van der Waals surface area contributed by atoms with Crippen molar-refractivity contribution in [2.75, 3.05) is 52.9 Å². The fourth-order valence-corrected chi connectivity index (χ4v) is 0.671. The molecule has 14 heavy (non-hydrogen) atoms. The van der Waals surface area contributed by atoms with Gasteiger partial charge in [0.2, 0.25) is 0 Å². The molecule has 0 unspecified atom stereocenters. The van der Waals surface area contributed by atoms with E-state index >= 15 is 0 Å². The molecule has 2 N–H and O–H groups in total. The fourth-order valence-electron chi connectivity index (χ4n) is 0.671. The maximum atomic E-state index is 8.36. The van der Waals surface area contributed by atoms with Gasteiger partial charge in [-0.2, -0.15) is 0 Å². The molecule has 0 aromatic carbocycles. The molecule has 0 aliphatic heterocycles. The summed E-state index contributed by atoms with van der Waals surface area (Å²) in [5.74, 6) is 0. The summed E-state index contributed by atoms with van der Waals surface area (Å²) in [4.78, 5) is 0. The van der Waals surface area contributed by atoms with Crippen LogP contribution in [-0.4, -0.2) is 92.6 Å². The zero-order valence-corrected chi connectivity index (χ0v) is 7.78. The van der Waals surface area contributed by atoms with Crippen LogP contribution in [0.5, 0.6) is 0 Å². The van der Waals surface area contributed by atoms with Gasteiger partial charge in [0.1, 0.15) is 0 Å². The molecule has 0 saturated carbocycles. The Morgan fingerprint density at radius 2 is 0.857 bits per heavy atom. The predicted molar refractivity (Wildman–Crippen MR) is 53.8 cm³/mol. The Hall–Kier alpha value is 0.800. The van der Waals surface area contributed by atoms with Crippen LogP contribution < -0.4 is 0 Å². The van der Waals surface area contributed by atoms with E-state index in [4.69, 9.17) is 24.4 Å². The molecular weight excluding hydrogens is 199 g/mol. The molecule has 6 heteroatoms. The Kier molecular flexibility index (Phi) is 20.0. The molecule has 0 atom stereocenters. The summed E-state index contributed by atoms with van der Waals surface area (Å²) < 4.78 is 15.0. The van der Waals surface area contributed by atoms with Crippen LogP contribution in [0, 0.1) is 0 Å². The van der Waals surface area contributed by atoms with Crippen molar-refractivity contribution >= 4 is 29.6 Å². The summed E-state index contributed by atoms with van der Waals surface area (Å²) in [7, 11) is 0. The van der Waals surface area contributed by atoms with E-state index in [-0.39, 0.29) is 42.8 Å². The molecule has 0 saturated heterocycles. The minimum atomic E-state index is 0. The third-order valence-corrected chi connectivity index (χ3v) is 1.22. The second-order valence-corrected chi connectivity index (χ2v) is 2.28. The second-order valence-electron chi connectivity index (χ2n) is 2.28. The molecule has 0 fully saturated rings. The number of aliphatic hydroxyl groups is 2. The predicted octanol–water partition coefficient (Wildman–Crippen LogP) is -1.63. The Labute approximate surface area is 107 Å². The molecule has 5 nitrogen and oxygen atoms in total. The second kappa shape index (κ2) is 16.2. The van der Waals surface area contributed by atoms with Crippen LogP contribution in [0.25, 0.3) is 0 Å². The van der Waals surface area contributed by atoms with Crippen LogP contribution in [0.4, 0.5) is 0 Å². The molecule has 0 amide bonds. The average Bonchev–Trinajstić information content (AvgIpc) is 2.16. The Balaban J connectivity index is 0. The number of ether oxygens (including phenoxy) is 3. The molecule has 82 valence electrons. The Morgan fingerprint density at radius 1 is 0.571 bits per heavy atom. The van der Waals surface area contributed by atoms with Crippen molar-refractivity contribution in [3.63, 3.8) is 0 Å². The Morgan fingerprint density at radius 3 is 1.14 bits per heavy atom. The van der Waals surface area contributed by atoms with Gasteiger partial charge < -0.3 is 24.4 Å². The van der Waals surface area contributed by atoms with Crippen LogP contribution in [0.3, 0.4) is 0 Å². The molecule has 0 heterocycles. The molecule has 0 aliphatic rings. The van der Waals surface area contributed by atoms with Gasteiger partial charge in [0.05, 0.1) is 52.9 Å².